The first-order chi connectivity index (χ1) is 13.6. The van der Waals surface area contributed by atoms with E-state index in [1.54, 1.807) is 18.2 Å². The Labute approximate surface area is 164 Å². The average molecular weight is 368 g/mol. The third kappa shape index (κ3) is 4.47. The molecule has 5 heteroatoms. The Bertz CT molecular complexity index is 1070. The third-order valence-corrected chi connectivity index (χ3v) is 4.44. The number of rotatable bonds is 6. The topological polar surface area (TPSA) is 81.6 Å². The highest BCUT2D eigenvalue weighted by Crippen LogP contribution is 2.18. The molecule has 0 fully saturated rings. The maximum absolute atomic E-state index is 12.5. The maximum Gasteiger partial charge on any atom is 0.253 e. The first-order valence-electron chi connectivity index (χ1n) is 9.08. The van der Waals surface area contributed by atoms with Crippen molar-refractivity contribution in [1.82, 2.24) is 9.88 Å². The number of carbonyl (C=O) groups excluding carboxylic acids is 1. The monoisotopic (exact) mass is 368 g/mol. The fraction of sp³-hybridized carbons (Fsp3) is 0.174. The number of carbonyl (C=O) groups is 1. The summed E-state index contributed by atoms with van der Waals surface area (Å²) in [7, 11) is 0. The molecule has 1 N–H and O–H groups in total. The van der Waals surface area contributed by atoms with Gasteiger partial charge in [0, 0.05) is 25.5 Å². The molecule has 0 unspecified atom stereocenters. The van der Waals surface area contributed by atoms with E-state index in [4.69, 9.17) is 10.5 Å². The predicted molar refractivity (Wildman–Crippen MR) is 107 cm³/mol. The molecule has 0 saturated carbocycles. The number of hydrogen-bond acceptors (Lipinski definition) is 3. The summed E-state index contributed by atoms with van der Waals surface area (Å²) in [5, 5.41) is 20.9. The van der Waals surface area contributed by atoms with Crippen LogP contribution < -0.4 is 5.32 Å². The van der Waals surface area contributed by atoms with E-state index in [0.717, 1.165) is 16.7 Å². The molecule has 0 spiro atoms. The summed E-state index contributed by atoms with van der Waals surface area (Å²) in [6.45, 7) is 3.03. The van der Waals surface area contributed by atoms with Crippen molar-refractivity contribution in [1.29, 1.82) is 10.5 Å². The van der Waals surface area contributed by atoms with Crippen LogP contribution in [0.3, 0.4) is 0 Å². The first kappa shape index (κ1) is 18.9. The van der Waals surface area contributed by atoms with Crippen molar-refractivity contribution in [2.75, 3.05) is 6.54 Å². The zero-order valence-corrected chi connectivity index (χ0v) is 15.6. The van der Waals surface area contributed by atoms with Crippen molar-refractivity contribution in [3.63, 3.8) is 0 Å². The SMILES string of the molecule is CCNC(=O)c1cn(Cc2cccc(C#N)c2)cc1Cc1ccc(C#N)cc1. The largest absolute Gasteiger partial charge is 0.352 e. The lowest BCUT2D eigenvalue weighted by Gasteiger charge is -2.04. The van der Waals surface area contributed by atoms with Crippen LogP contribution in [0.15, 0.2) is 60.9 Å². The summed E-state index contributed by atoms with van der Waals surface area (Å²) in [4.78, 5) is 12.5. The van der Waals surface area contributed by atoms with E-state index in [0.29, 0.717) is 36.2 Å². The zero-order chi connectivity index (χ0) is 19.9. The number of benzene rings is 2. The van der Waals surface area contributed by atoms with E-state index in [-0.39, 0.29) is 5.91 Å². The first-order valence-corrected chi connectivity index (χ1v) is 9.08. The highest BCUT2D eigenvalue weighted by atomic mass is 16.1. The molecule has 0 radical (unpaired) electrons. The minimum atomic E-state index is -0.101. The number of aromatic nitrogens is 1. The molecule has 0 atom stereocenters. The van der Waals surface area contributed by atoms with Crippen LogP contribution in [-0.4, -0.2) is 17.0 Å². The van der Waals surface area contributed by atoms with Crippen LogP contribution in [0, 0.1) is 22.7 Å². The summed E-state index contributed by atoms with van der Waals surface area (Å²) >= 11 is 0. The minimum absolute atomic E-state index is 0.101. The van der Waals surface area contributed by atoms with Crippen molar-refractivity contribution in [3.05, 3.63) is 94.3 Å². The molecule has 3 rings (SSSR count). The van der Waals surface area contributed by atoms with Crippen molar-refractivity contribution >= 4 is 5.91 Å². The normalized spacial score (nSPS) is 10.1. The predicted octanol–water partition coefficient (Wildman–Crippen LogP) is 3.62. The van der Waals surface area contributed by atoms with Gasteiger partial charge in [0.15, 0.2) is 0 Å². The Morgan fingerprint density at radius 3 is 2.43 bits per heavy atom. The van der Waals surface area contributed by atoms with Crippen LogP contribution in [0.25, 0.3) is 0 Å². The second-order valence-corrected chi connectivity index (χ2v) is 6.53. The number of hydrogen-bond donors (Lipinski definition) is 1. The number of nitrogens with one attached hydrogen (secondary N) is 1. The summed E-state index contributed by atoms with van der Waals surface area (Å²) in [5.74, 6) is -0.101. The number of nitriles is 2. The fourth-order valence-electron chi connectivity index (χ4n) is 3.12. The Balaban J connectivity index is 1.89. The molecule has 1 amide bonds. The highest BCUT2D eigenvalue weighted by molar-refractivity contribution is 5.95. The van der Waals surface area contributed by atoms with E-state index in [9.17, 15) is 4.79 Å². The second-order valence-electron chi connectivity index (χ2n) is 6.53. The molecule has 5 nitrogen and oxygen atoms in total. The summed E-state index contributed by atoms with van der Waals surface area (Å²) in [6, 6.07) is 19.1. The van der Waals surface area contributed by atoms with E-state index < -0.39 is 0 Å². The smallest absolute Gasteiger partial charge is 0.253 e. The molecule has 0 aliphatic rings. The molecule has 0 saturated heterocycles. The minimum Gasteiger partial charge on any atom is -0.352 e. The van der Waals surface area contributed by atoms with E-state index >= 15 is 0 Å². The van der Waals surface area contributed by atoms with Gasteiger partial charge in [-0.15, -0.1) is 0 Å². The van der Waals surface area contributed by atoms with Gasteiger partial charge in [-0.3, -0.25) is 4.79 Å². The molecular weight excluding hydrogens is 348 g/mol. The highest BCUT2D eigenvalue weighted by Gasteiger charge is 2.15. The molecule has 0 aliphatic heterocycles. The zero-order valence-electron chi connectivity index (χ0n) is 15.6. The number of amides is 1. The Kier molecular flexibility index (Phi) is 5.89. The lowest BCUT2D eigenvalue weighted by atomic mass is 10.0. The summed E-state index contributed by atoms with van der Waals surface area (Å²) in [5.41, 5.74) is 4.83. The molecule has 1 heterocycles. The summed E-state index contributed by atoms with van der Waals surface area (Å²) in [6.07, 6.45) is 4.42. The molecular formula is C23H20N4O. The van der Waals surface area contributed by atoms with Gasteiger partial charge in [-0.25, -0.2) is 0 Å². The van der Waals surface area contributed by atoms with Gasteiger partial charge < -0.3 is 9.88 Å². The maximum atomic E-state index is 12.5. The van der Waals surface area contributed by atoms with Gasteiger partial charge in [-0.05, 0) is 54.3 Å². The van der Waals surface area contributed by atoms with Gasteiger partial charge in [0.25, 0.3) is 5.91 Å². The molecule has 1 aromatic heterocycles. The molecule has 138 valence electrons. The molecule has 0 aliphatic carbocycles. The second kappa shape index (κ2) is 8.70. The van der Waals surface area contributed by atoms with Crippen molar-refractivity contribution < 1.29 is 4.79 Å². The van der Waals surface area contributed by atoms with Crippen LogP contribution in [0.4, 0.5) is 0 Å². The van der Waals surface area contributed by atoms with Gasteiger partial charge >= 0.3 is 0 Å². The van der Waals surface area contributed by atoms with Gasteiger partial charge in [-0.1, -0.05) is 24.3 Å². The summed E-state index contributed by atoms with van der Waals surface area (Å²) < 4.78 is 1.97. The van der Waals surface area contributed by atoms with Crippen LogP contribution in [0.2, 0.25) is 0 Å². The fourth-order valence-corrected chi connectivity index (χ4v) is 3.12. The lowest BCUT2D eigenvalue weighted by molar-refractivity contribution is 0.0955. The third-order valence-electron chi connectivity index (χ3n) is 4.44. The van der Waals surface area contributed by atoms with Crippen LogP contribution in [-0.2, 0) is 13.0 Å². The van der Waals surface area contributed by atoms with E-state index in [1.807, 2.05) is 54.2 Å². The van der Waals surface area contributed by atoms with Crippen LogP contribution in [0.5, 0.6) is 0 Å². The molecule has 28 heavy (non-hydrogen) atoms. The Morgan fingerprint density at radius 1 is 1.00 bits per heavy atom. The van der Waals surface area contributed by atoms with Gasteiger partial charge in [-0.2, -0.15) is 10.5 Å². The average Bonchev–Trinajstić information content (AvgIpc) is 3.11. The molecule has 3 aromatic rings. The number of nitrogens with zero attached hydrogens (tertiary/aromatic N) is 3. The Hall–Kier alpha value is -3.83. The van der Waals surface area contributed by atoms with Crippen LogP contribution >= 0.6 is 0 Å². The van der Waals surface area contributed by atoms with E-state index in [2.05, 4.69) is 17.5 Å². The van der Waals surface area contributed by atoms with Crippen LogP contribution in [0.1, 0.15) is 45.1 Å². The standard InChI is InChI=1S/C23H20N4O/c1-2-26-23(28)22-16-27(14-20-5-3-4-19(10-20)13-25)15-21(22)11-17-6-8-18(12-24)9-7-17/h3-10,15-16H,2,11,14H2,1H3,(H,26,28). The quantitative estimate of drug-likeness (QED) is 0.721. The van der Waals surface area contributed by atoms with Crippen molar-refractivity contribution in [3.8, 4) is 12.1 Å². The van der Waals surface area contributed by atoms with E-state index in [1.165, 1.54) is 0 Å². The van der Waals surface area contributed by atoms with Gasteiger partial charge in [0.1, 0.15) is 0 Å². The molecule has 0 bridgehead atoms. The molecule has 2 aromatic carbocycles. The Morgan fingerprint density at radius 2 is 1.75 bits per heavy atom. The van der Waals surface area contributed by atoms with Gasteiger partial charge in [0.05, 0.1) is 28.8 Å². The van der Waals surface area contributed by atoms with Crippen molar-refractivity contribution in [2.24, 2.45) is 0 Å². The van der Waals surface area contributed by atoms with Crippen molar-refractivity contribution in [2.45, 2.75) is 19.9 Å². The van der Waals surface area contributed by atoms with Gasteiger partial charge in [0.2, 0.25) is 0 Å². The lowest BCUT2D eigenvalue weighted by Crippen LogP contribution is -2.23.